The molecule has 0 rings (SSSR count). The summed E-state index contributed by atoms with van der Waals surface area (Å²) in [6, 6.07) is -0.354. The number of carbonyl (C=O) groups excluding carboxylic acids is 1. The van der Waals surface area contributed by atoms with Crippen molar-refractivity contribution in [2.24, 2.45) is 0 Å². The van der Waals surface area contributed by atoms with Crippen molar-refractivity contribution in [1.82, 2.24) is 10.2 Å². The molecule has 0 aromatic rings. The Morgan fingerprint density at radius 3 is 2.50 bits per heavy atom. The average molecular weight is 276 g/mol. The van der Waals surface area contributed by atoms with Gasteiger partial charge in [-0.1, -0.05) is 13.3 Å². The Morgan fingerprint density at radius 2 is 2.06 bits per heavy atom. The maximum Gasteiger partial charge on any atom is 0.317 e. The summed E-state index contributed by atoms with van der Waals surface area (Å²) in [6.07, 6.45) is 3.50. The lowest BCUT2D eigenvalue weighted by atomic mass is 10.1. The van der Waals surface area contributed by atoms with E-state index in [1.807, 2.05) is 20.1 Å². The smallest absolute Gasteiger partial charge is 0.317 e. The Labute approximate surface area is 113 Å². The minimum atomic E-state index is -0.881. The second-order valence-electron chi connectivity index (χ2n) is 4.45. The molecular formula is C12H24N2O3S. The molecule has 0 saturated heterocycles. The summed E-state index contributed by atoms with van der Waals surface area (Å²) < 4.78 is 0. The van der Waals surface area contributed by atoms with E-state index in [-0.39, 0.29) is 24.5 Å². The first-order valence-corrected chi connectivity index (χ1v) is 7.55. The third kappa shape index (κ3) is 6.74. The number of carboxylic acid groups (broad SMARTS) is 1. The number of carboxylic acids is 1. The molecule has 0 heterocycles. The van der Waals surface area contributed by atoms with Crippen LogP contribution in [0.15, 0.2) is 0 Å². The molecule has 0 aromatic heterocycles. The fourth-order valence-corrected chi connectivity index (χ4v) is 2.32. The van der Waals surface area contributed by atoms with Crippen molar-refractivity contribution < 1.29 is 14.7 Å². The molecule has 6 heteroatoms. The minimum absolute atomic E-state index is 0.0235. The predicted molar refractivity (Wildman–Crippen MR) is 75.1 cm³/mol. The quantitative estimate of drug-likeness (QED) is 0.711. The van der Waals surface area contributed by atoms with Gasteiger partial charge < -0.3 is 15.3 Å². The van der Waals surface area contributed by atoms with Gasteiger partial charge in [-0.15, -0.1) is 0 Å². The van der Waals surface area contributed by atoms with Gasteiger partial charge in [0.1, 0.15) is 0 Å². The Kier molecular flexibility index (Phi) is 8.62. The first-order valence-electron chi connectivity index (χ1n) is 6.16. The van der Waals surface area contributed by atoms with Crippen molar-refractivity contribution in [1.29, 1.82) is 0 Å². The standard InChI is InChI=1S/C12H24N2O3S/c1-5-6-10(7-11(15)16)13-12(17)14(3)9(2)8-18-4/h9-10H,5-8H2,1-4H3,(H,13,17)(H,15,16). The fourth-order valence-electron chi connectivity index (χ4n) is 1.61. The van der Waals surface area contributed by atoms with Gasteiger partial charge in [-0.2, -0.15) is 11.8 Å². The van der Waals surface area contributed by atoms with Gasteiger partial charge in [-0.05, 0) is 19.6 Å². The van der Waals surface area contributed by atoms with Gasteiger partial charge in [0.05, 0.1) is 6.42 Å². The Hall–Kier alpha value is -0.910. The van der Waals surface area contributed by atoms with Gasteiger partial charge in [0.25, 0.3) is 0 Å². The highest BCUT2D eigenvalue weighted by molar-refractivity contribution is 7.98. The molecule has 2 amide bonds. The number of amides is 2. The Balaban J connectivity index is 4.34. The molecular weight excluding hydrogens is 252 g/mol. The van der Waals surface area contributed by atoms with E-state index >= 15 is 0 Å². The molecule has 2 N–H and O–H groups in total. The SMILES string of the molecule is CCCC(CC(=O)O)NC(=O)N(C)C(C)CSC. The topological polar surface area (TPSA) is 69.6 Å². The third-order valence-electron chi connectivity index (χ3n) is 2.78. The molecule has 0 saturated carbocycles. The molecule has 0 aliphatic heterocycles. The highest BCUT2D eigenvalue weighted by atomic mass is 32.2. The van der Waals surface area contributed by atoms with Gasteiger partial charge in [0, 0.05) is 24.9 Å². The maximum absolute atomic E-state index is 11.9. The molecule has 0 bridgehead atoms. The van der Waals surface area contributed by atoms with Crippen molar-refractivity contribution in [3.05, 3.63) is 0 Å². The highest BCUT2D eigenvalue weighted by Crippen LogP contribution is 2.06. The van der Waals surface area contributed by atoms with Crippen LogP contribution in [0.4, 0.5) is 4.79 Å². The van der Waals surface area contributed by atoms with Crippen molar-refractivity contribution in [3.63, 3.8) is 0 Å². The lowest BCUT2D eigenvalue weighted by molar-refractivity contribution is -0.137. The number of aliphatic carboxylic acids is 1. The van der Waals surface area contributed by atoms with Crippen LogP contribution in [-0.4, -0.2) is 53.1 Å². The zero-order chi connectivity index (χ0) is 14.1. The normalized spacial score (nSPS) is 13.8. The monoisotopic (exact) mass is 276 g/mol. The number of carbonyl (C=O) groups is 2. The number of nitrogens with zero attached hydrogens (tertiary/aromatic N) is 1. The van der Waals surface area contributed by atoms with E-state index in [0.717, 1.165) is 12.2 Å². The second-order valence-corrected chi connectivity index (χ2v) is 5.36. The summed E-state index contributed by atoms with van der Waals surface area (Å²) in [7, 11) is 1.74. The van der Waals surface area contributed by atoms with E-state index in [2.05, 4.69) is 5.32 Å². The maximum atomic E-state index is 11.9. The van der Waals surface area contributed by atoms with Gasteiger partial charge in [-0.3, -0.25) is 4.79 Å². The van der Waals surface area contributed by atoms with Crippen molar-refractivity contribution in [2.75, 3.05) is 19.1 Å². The van der Waals surface area contributed by atoms with Gasteiger partial charge >= 0.3 is 12.0 Å². The second kappa shape index (κ2) is 9.08. The lowest BCUT2D eigenvalue weighted by Gasteiger charge is -2.27. The van der Waals surface area contributed by atoms with Crippen molar-refractivity contribution >= 4 is 23.8 Å². The molecule has 18 heavy (non-hydrogen) atoms. The average Bonchev–Trinajstić information content (AvgIpc) is 2.27. The summed E-state index contributed by atoms with van der Waals surface area (Å²) in [5.74, 6) is -0.0186. The predicted octanol–water partition coefficient (Wildman–Crippen LogP) is 2.02. The van der Waals surface area contributed by atoms with Gasteiger partial charge in [0.15, 0.2) is 0 Å². The van der Waals surface area contributed by atoms with Crippen LogP contribution in [0, 0.1) is 0 Å². The Bertz CT molecular complexity index is 274. The molecule has 0 aliphatic carbocycles. The number of thioether (sulfide) groups is 1. The molecule has 0 aliphatic rings. The van der Waals surface area contributed by atoms with Crippen molar-refractivity contribution in [3.8, 4) is 0 Å². The zero-order valence-electron chi connectivity index (χ0n) is 11.6. The van der Waals surface area contributed by atoms with E-state index in [9.17, 15) is 9.59 Å². The Morgan fingerprint density at radius 1 is 1.44 bits per heavy atom. The van der Waals surface area contributed by atoms with Crippen LogP contribution in [0.25, 0.3) is 0 Å². The van der Waals surface area contributed by atoms with Gasteiger partial charge in [0.2, 0.25) is 0 Å². The number of nitrogens with one attached hydrogen (secondary N) is 1. The van der Waals surface area contributed by atoms with E-state index < -0.39 is 5.97 Å². The number of hydrogen-bond donors (Lipinski definition) is 2. The molecule has 0 aromatic carbocycles. The van der Waals surface area contributed by atoms with Crippen molar-refractivity contribution in [2.45, 2.75) is 45.2 Å². The number of hydrogen-bond acceptors (Lipinski definition) is 3. The van der Waals surface area contributed by atoms with E-state index in [4.69, 9.17) is 5.11 Å². The summed E-state index contributed by atoms with van der Waals surface area (Å²) in [6.45, 7) is 3.95. The zero-order valence-corrected chi connectivity index (χ0v) is 12.4. The molecule has 5 nitrogen and oxygen atoms in total. The summed E-state index contributed by atoms with van der Waals surface area (Å²) in [5.41, 5.74) is 0. The largest absolute Gasteiger partial charge is 0.481 e. The highest BCUT2D eigenvalue weighted by Gasteiger charge is 2.20. The fraction of sp³-hybridized carbons (Fsp3) is 0.833. The van der Waals surface area contributed by atoms with Crippen LogP contribution in [0.3, 0.4) is 0 Å². The molecule has 2 unspecified atom stereocenters. The number of rotatable bonds is 8. The minimum Gasteiger partial charge on any atom is -0.481 e. The van der Waals surface area contributed by atoms with Gasteiger partial charge in [-0.25, -0.2) is 4.79 Å². The summed E-state index contributed by atoms with van der Waals surface area (Å²) in [5, 5.41) is 11.6. The van der Waals surface area contributed by atoms with Crippen LogP contribution in [0.5, 0.6) is 0 Å². The van der Waals surface area contributed by atoms with Crippen LogP contribution in [0.1, 0.15) is 33.1 Å². The first kappa shape index (κ1) is 17.1. The molecule has 2 atom stereocenters. The lowest BCUT2D eigenvalue weighted by Crippen LogP contribution is -2.47. The molecule has 0 radical (unpaired) electrons. The third-order valence-corrected chi connectivity index (χ3v) is 3.59. The number of urea groups is 1. The van der Waals surface area contributed by atoms with E-state index in [1.54, 1.807) is 23.7 Å². The summed E-state index contributed by atoms with van der Waals surface area (Å²) in [4.78, 5) is 24.3. The first-order chi connectivity index (χ1) is 8.42. The molecule has 0 spiro atoms. The van der Waals surface area contributed by atoms with Crippen LogP contribution >= 0.6 is 11.8 Å². The van der Waals surface area contributed by atoms with E-state index in [0.29, 0.717) is 6.42 Å². The van der Waals surface area contributed by atoms with Crippen LogP contribution in [0.2, 0.25) is 0 Å². The molecule has 106 valence electrons. The van der Waals surface area contributed by atoms with Crippen LogP contribution in [-0.2, 0) is 4.79 Å². The van der Waals surface area contributed by atoms with E-state index in [1.165, 1.54) is 0 Å². The van der Waals surface area contributed by atoms with Crippen LogP contribution < -0.4 is 5.32 Å². The summed E-state index contributed by atoms with van der Waals surface area (Å²) >= 11 is 1.68. The molecule has 0 fully saturated rings.